The highest BCUT2D eigenvalue weighted by molar-refractivity contribution is 5.82. The Hall–Kier alpha value is -1.56. The van der Waals surface area contributed by atoms with Gasteiger partial charge in [0.2, 0.25) is 0 Å². The number of nitrogens with one attached hydrogen (secondary N) is 1. The van der Waals surface area contributed by atoms with Crippen LogP contribution in [0.4, 0.5) is 13.2 Å². The van der Waals surface area contributed by atoms with Crippen molar-refractivity contribution in [3.63, 3.8) is 0 Å². The summed E-state index contributed by atoms with van der Waals surface area (Å²) in [6, 6.07) is 7.15. The lowest BCUT2D eigenvalue weighted by molar-refractivity contribution is -0.136. The molecule has 0 aliphatic heterocycles. The van der Waals surface area contributed by atoms with E-state index >= 15 is 0 Å². The van der Waals surface area contributed by atoms with Crippen LogP contribution < -0.4 is 5.32 Å². The van der Waals surface area contributed by atoms with Gasteiger partial charge < -0.3 is 5.32 Å². The highest BCUT2D eigenvalue weighted by Crippen LogP contribution is 2.30. The molecule has 0 aliphatic rings. The van der Waals surface area contributed by atoms with Crippen molar-refractivity contribution in [1.29, 1.82) is 0 Å². The first-order valence-electron chi connectivity index (χ1n) is 6.08. The number of fused-ring (bicyclic) bond motifs is 1. The van der Waals surface area contributed by atoms with Crippen LogP contribution in [0.25, 0.3) is 10.9 Å². The third-order valence-electron chi connectivity index (χ3n) is 3.18. The molecule has 1 atom stereocenters. The summed E-state index contributed by atoms with van der Waals surface area (Å²) in [6.45, 7) is 0. The fourth-order valence-electron chi connectivity index (χ4n) is 2.22. The average molecular weight is 271 g/mol. The van der Waals surface area contributed by atoms with Gasteiger partial charge in [0.05, 0.1) is 17.3 Å². The van der Waals surface area contributed by atoms with Crippen LogP contribution in [0.2, 0.25) is 0 Å². The molecular weight excluding hydrogens is 255 g/mol. The number of para-hydroxylation sites is 1. The van der Waals surface area contributed by atoms with Crippen LogP contribution in [0.1, 0.15) is 24.6 Å². The standard InChI is InChI=1S/C13H16F3N3/c1-17-10(7-8-13(14,15)16)12-9-5-3-4-6-11(9)19(2)18-12/h3-6,10,17H,7-8H2,1-2H3. The van der Waals surface area contributed by atoms with Crippen molar-refractivity contribution in [1.82, 2.24) is 15.1 Å². The molecule has 1 N–H and O–H groups in total. The summed E-state index contributed by atoms with van der Waals surface area (Å²) in [5, 5.41) is 8.16. The molecule has 19 heavy (non-hydrogen) atoms. The van der Waals surface area contributed by atoms with Crippen LogP contribution in [-0.4, -0.2) is 23.0 Å². The number of alkyl halides is 3. The summed E-state index contributed by atoms with van der Waals surface area (Å²) in [6.07, 6.45) is -4.97. The fourth-order valence-corrected chi connectivity index (χ4v) is 2.22. The Morgan fingerprint density at radius 2 is 2.00 bits per heavy atom. The predicted molar refractivity (Wildman–Crippen MR) is 67.8 cm³/mol. The summed E-state index contributed by atoms with van der Waals surface area (Å²) in [4.78, 5) is 0. The first kappa shape index (κ1) is 13.9. The van der Waals surface area contributed by atoms with Crippen LogP contribution >= 0.6 is 0 Å². The van der Waals surface area contributed by atoms with Gasteiger partial charge in [-0.05, 0) is 19.5 Å². The zero-order chi connectivity index (χ0) is 14.0. The smallest absolute Gasteiger partial charge is 0.312 e. The van der Waals surface area contributed by atoms with Gasteiger partial charge in [0.1, 0.15) is 0 Å². The molecule has 0 spiro atoms. The van der Waals surface area contributed by atoms with Crippen molar-refractivity contribution in [2.45, 2.75) is 25.1 Å². The van der Waals surface area contributed by atoms with Crippen LogP contribution in [-0.2, 0) is 7.05 Å². The van der Waals surface area contributed by atoms with Crippen molar-refractivity contribution < 1.29 is 13.2 Å². The molecular formula is C13H16F3N3. The molecule has 1 aromatic heterocycles. The molecule has 3 nitrogen and oxygen atoms in total. The minimum atomic E-state index is -4.14. The predicted octanol–water partition coefficient (Wildman–Crippen LogP) is 3.18. The van der Waals surface area contributed by atoms with Gasteiger partial charge in [-0.15, -0.1) is 0 Å². The van der Waals surface area contributed by atoms with Gasteiger partial charge in [0.25, 0.3) is 0 Å². The summed E-state index contributed by atoms with van der Waals surface area (Å²) in [5.74, 6) is 0. The molecule has 6 heteroatoms. The van der Waals surface area contributed by atoms with E-state index in [0.29, 0.717) is 5.69 Å². The van der Waals surface area contributed by atoms with E-state index in [1.165, 1.54) is 0 Å². The minimum absolute atomic E-state index is 0.0129. The number of aromatic nitrogens is 2. The summed E-state index contributed by atoms with van der Waals surface area (Å²) >= 11 is 0. The molecule has 1 heterocycles. The van der Waals surface area contributed by atoms with Crippen LogP contribution in [0, 0.1) is 0 Å². The van der Waals surface area contributed by atoms with Crippen LogP contribution in [0.5, 0.6) is 0 Å². The number of benzene rings is 1. The van der Waals surface area contributed by atoms with E-state index in [9.17, 15) is 13.2 Å². The fraction of sp³-hybridized carbons (Fsp3) is 0.462. The van der Waals surface area contributed by atoms with Gasteiger partial charge in [-0.3, -0.25) is 4.68 Å². The highest BCUT2D eigenvalue weighted by atomic mass is 19.4. The molecule has 0 saturated heterocycles. The zero-order valence-corrected chi connectivity index (χ0v) is 10.8. The van der Waals surface area contributed by atoms with Crippen molar-refractivity contribution in [3.8, 4) is 0 Å². The molecule has 2 rings (SSSR count). The Kier molecular flexibility index (Phi) is 3.80. The Morgan fingerprint density at radius 3 is 2.63 bits per heavy atom. The maximum atomic E-state index is 12.3. The summed E-state index contributed by atoms with van der Waals surface area (Å²) in [7, 11) is 3.45. The largest absolute Gasteiger partial charge is 0.389 e. The van der Waals surface area contributed by atoms with Gasteiger partial charge in [0, 0.05) is 18.9 Å². The van der Waals surface area contributed by atoms with Crippen molar-refractivity contribution in [3.05, 3.63) is 30.0 Å². The topological polar surface area (TPSA) is 29.9 Å². The molecule has 0 bridgehead atoms. The quantitative estimate of drug-likeness (QED) is 0.925. The summed E-state index contributed by atoms with van der Waals surface area (Å²) < 4.78 is 38.7. The number of halogens is 3. The van der Waals surface area contributed by atoms with Crippen molar-refractivity contribution >= 4 is 10.9 Å². The molecule has 1 unspecified atom stereocenters. The van der Waals surface area contributed by atoms with Crippen molar-refractivity contribution in [2.24, 2.45) is 7.05 Å². The Bertz CT molecular complexity index is 560. The lowest BCUT2D eigenvalue weighted by Crippen LogP contribution is -2.20. The van der Waals surface area contributed by atoms with Gasteiger partial charge in [0.15, 0.2) is 0 Å². The van der Waals surface area contributed by atoms with E-state index < -0.39 is 18.6 Å². The Labute approximate surface area is 109 Å². The molecule has 0 saturated carbocycles. The normalized spacial score (nSPS) is 13.9. The number of hydrogen-bond acceptors (Lipinski definition) is 2. The van der Waals surface area contributed by atoms with E-state index in [4.69, 9.17) is 0 Å². The molecule has 0 amide bonds. The molecule has 2 aromatic rings. The Morgan fingerprint density at radius 1 is 1.32 bits per heavy atom. The first-order valence-corrected chi connectivity index (χ1v) is 6.08. The van der Waals surface area contributed by atoms with Gasteiger partial charge in [-0.1, -0.05) is 18.2 Å². The van der Waals surface area contributed by atoms with Crippen LogP contribution in [0.15, 0.2) is 24.3 Å². The summed E-state index contributed by atoms with van der Waals surface area (Å²) in [5.41, 5.74) is 1.59. The molecule has 1 aromatic carbocycles. The third kappa shape index (κ3) is 3.07. The average Bonchev–Trinajstić information content (AvgIpc) is 2.68. The molecule has 0 fully saturated rings. The Balaban J connectivity index is 2.31. The van der Waals surface area contributed by atoms with Gasteiger partial charge in [-0.25, -0.2) is 0 Å². The van der Waals surface area contributed by atoms with E-state index in [-0.39, 0.29) is 6.42 Å². The number of nitrogens with zero attached hydrogens (tertiary/aromatic N) is 2. The van der Waals surface area contributed by atoms with Crippen molar-refractivity contribution in [2.75, 3.05) is 7.05 Å². The monoisotopic (exact) mass is 271 g/mol. The number of hydrogen-bond donors (Lipinski definition) is 1. The SMILES string of the molecule is CNC(CCC(F)(F)F)c1nn(C)c2ccccc12. The minimum Gasteiger partial charge on any atom is -0.312 e. The number of aryl methyl sites for hydroxylation is 1. The zero-order valence-electron chi connectivity index (χ0n) is 10.8. The maximum absolute atomic E-state index is 12.3. The van der Waals surface area contributed by atoms with E-state index in [1.54, 1.807) is 18.8 Å². The van der Waals surface area contributed by atoms with Crippen LogP contribution in [0.3, 0.4) is 0 Å². The highest BCUT2D eigenvalue weighted by Gasteiger charge is 2.29. The third-order valence-corrected chi connectivity index (χ3v) is 3.18. The van der Waals surface area contributed by atoms with E-state index in [0.717, 1.165) is 10.9 Å². The molecule has 0 aliphatic carbocycles. The number of rotatable bonds is 4. The molecule has 0 radical (unpaired) electrons. The molecule has 104 valence electrons. The van der Waals surface area contributed by atoms with Gasteiger partial charge in [-0.2, -0.15) is 18.3 Å². The van der Waals surface area contributed by atoms with Gasteiger partial charge >= 0.3 is 6.18 Å². The van der Waals surface area contributed by atoms with E-state index in [1.807, 2.05) is 24.3 Å². The lowest BCUT2D eigenvalue weighted by Gasteiger charge is -2.15. The van der Waals surface area contributed by atoms with E-state index in [2.05, 4.69) is 10.4 Å². The second kappa shape index (κ2) is 5.21. The second-order valence-electron chi connectivity index (χ2n) is 4.52. The lowest BCUT2D eigenvalue weighted by atomic mass is 10.0. The maximum Gasteiger partial charge on any atom is 0.389 e. The first-order chi connectivity index (χ1) is 8.92. The second-order valence-corrected chi connectivity index (χ2v) is 4.52.